The van der Waals surface area contributed by atoms with Gasteiger partial charge >= 0.3 is 5.97 Å². The lowest BCUT2D eigenvalue weighted by Crippen LogP contribution is -2.39. The Morgan fingerprint density at radius 2 is 1.84 bits per heavy atom. The van der Waals surface area contributed by atoms with Gasteiger partial charge in [-0.15, -0.1) is 0 Å². The standard InChI is InChI=1S/C26H32BrNO3/c1-16-22(25(30)31-19-11-6-4-5-7-12-19)23(17-9-8-10-18(27)13-17)24-20(28-16)14-26(2,3)15-21(24)29/h8-10,13,19,23,28H,4-7,11-12,14-15H2,1-3H3/t23-/m0/s1. The van der Waals surface area contributed by atoms with Crippen LogP contribution in [-0.4, -0.2) is 17.9 Å². The molecule has 0 aromatic heterocycles. The number of carbonyl (C=O) groups excluding carboxylic acids is 2. The molecule has 31 heavy (non-hydrogen) atoms. The van der Waals surface area contributed by atoms with Crippen LogP contribution in [0.15, 0.2) is 51.3 Å². The Morgan fingerprint density at radius 1 is 1.13 bits per heavy atom. The number of rotatable bonds is 3. The van der Waals surface area contributed by atoms with Crippen molar-refractivity contribution in [2.24, 2.45) is 5.41 Å². The van der Waals surface area contributed by atoms with E-state index in [-0.39, 0.29) is 23.3 Å². The first-order valence-electron chi connectivity index (χ1n) is 11.5. The molecule has 0 unspecified atom stereocenters. The smallest absolute Gasteiger partial charge is 0.337 e. The molecule has 1 atom stereocenters. The maximum atomic E-state index is 13.5. The monoisotopic (exact) mass is 485 g/mol. The molecule has 0 saturated heterocycles. The van der Waals surface area contributed by atoms with Crippen LogP contribution in [0.5, 0.6) is 0 Å². The summed E-state index contributed by atoms with van der Waals surface area (Å²) >= 11 is 3.56. The van der Waals surface area contributed by atoms with Crippen LogP contribution in [0.2, 0.25) is 0 Å². The highest BCUT2D eigenvalue weighted by atomic mass is 79.9. The van der Waals surface area contributed by atoms with Gasteiger partial charge in [0.15, 0.2) is 5.78 Å². The summed E-state index contributed by atoms with van der Waals surface area (Å²) in [5.74, 6) is -0.558. The Labute approximate surface area is 193 Å². The second-order valence-corrected chi connectivity index (χ2v) is 10.9. The third-order valence-corrected chi connectivity index (χ3v) is 7.21. The molecule has 1 N–H and O–H groups in total. The van der Waals surface area contributed by atoms with Gasteiger partial charge in [-0.2, -0.15) is 0 Å². The van der Waals surface area contributed by atoms with Crippen LogP contribution in [0.4, 0.5) is 0 Å². The fourth-order valence-electron chi connectivity index (χ4n) is 5.30. The normalized spacial score (nSPS) is 24.4. The van der Waals surface area contributed by atoms with Crippen molar-refractivity contribution in [3.05, 3.63) is 56.8 Å². The first-order valence-corrected chi connectivity index (χ1v) is 12.2. The number of nitrogens with one attached hydrogen (secondary N) is 1. The Morgan fingerprint density at radius 3 is 2.52 bits per heavy atom. The second-order valence-electron chi connectivity index (χ2n) is 10.0. The van der Waals surface area contributed by atoms with Gasteiger partial charge in [0.1, 0.15) is 6.10 Å². The first-order chi connectivity index (χ1) is 14.7. The Hall–Kier alpha value is -1.88. The summed E-state index contributed by atoms with van der Waals surface area (Å²) < 4.78 is 6.97. The molecule has 1 aromatic rings. The van der Waals surface area contributed by atoms with Crippen molar-refractivity contribution in [1.82, 2.24) is 5.32 Å². The number of dihydropyridines is 1. The summed E-state index contributed by atoms with van der Waals surface area (Å²) in [6, 6.07) is 7.94. The van der Waals surface area contributed by atoms with Crippen LogP contribution in [0.1, 0.15) is 83.6 Å². The van der Waals surface area contributed by atoms with Gasteiger partial charge in [0.2, 0.25) is 0 Å². The van der Waals surface area contributed by atoms with Crippen molar-refractivity contribution >= 4 is 27.7 Å². The largest absolute Gasteiger partial charge is 0.459 e. The number of ether oxygens (including phenoxy) is 1. The molecular formula is C26H32BrNO3. The van der Waals surface area contributed by atoms with E-state index in [9.17, 15) is 9.59 Å². The fraction of sp³-hybridized carbons (Fsp3) is 0.538. The number of carbonyl (C=O) groups is 2. The summed E-state index contributed by atoms with van der Waals surface area (Å²) in [5.41, 5.74) is 3.92. The maximum absolute atomic E-state index is 13.5. The molecular weight excluding hydrogens is 454 g/mol. The van der Waals surface area contributed by atoms with E-state index in [2.05, 4.69) is 35.1 Å². The Kier molecular flexibility index (Phi) is 6.43. The highest BCUT2D eigenvalue weighted by Gasteiger charge is 2.43. The van der Waals surface area contributed by atoms with E-state index in [1.165, 1.54) is 12.8 Å². The molecule has 5 heteroatoms. The van der Waals surface area contributed by atoms with Gasteiger partial charge in [0.05, 0.1) is 5.57 Å². The minimum Gasteiger partial charge on any atom is -0.459 e. The number of benzene rings is 1. The van der Waals surface area contributed by atoms with Gasteiger partial charge in [0, 0.05) is 33.8 Å². The predicted octanol–water partition coefficient (Wildman–Crippen LogP) is 6.32. The van der Waals surface area contributed by atoms with E-state index in [0.717, 1.165) is 59.1 Å². The van der Waals surface area contributed by atoms with Gasteiger partial charge in [-0.25, -0.2) is 4.79 Å². The number of halogens is 1. The lowest BCUT2D eigenvalue weighted by atomic mass is 9.68. The molecule has 1 saturated carbocycles. The molecule has 166 valence electrons. The van der Waals surface area contributed by atoms with Gasteiger partial charge in [-0.3, -0.25) is 4.79 Å². The molecule has 1 heterocycles. The summed E-state index contributed by atoms with van der Waals surface area (Å²) in [4.78, 5) is 26.8. The molecule has 3 aliphatic rings. The zero-order chi connectivity index (χ0) is 22.2. The average Bonchev–Trinajstić information content (AvgIpc) is 2.94. The molecule has 0 amide bonds. The zero-order valence-corrected chi connectivity index (χ0v) is 20.3. The van der Waals surface area contributed by atoms with E-state index >= 15 is 0 Å². The molecule has 0 spiro atoms. The quantitative estimate of drug-likeness (QED) is 0.401. The van der Waals surface area contributed by atoms with Crippen LogP contribution >= 0.6 is 15.9 Å². The van der Waals surface area contributed by atoms with Crippen LogP contribution in [0, 0.1) is 5.41 Å². The lowest BCUT2D eigenvalue weighted by molar-refractivity contribution is -0.145. The summed E-state index contributed by atoms with van der Waals surface area (Å²) in [6.07, 6.45) is 7.72. The lowest BCUT2D eigenvalue weighted by Gasteiger charge is -2.39. The number of Topliss-reactive ketones (excluding diaryl/α,β-unsaturated/α-hetero) is 1. The van der Waals surface area contributed by atoms with E-state index in [1.807, 2.05) is 31.2 Å². The van der Waals surface area contributed by atoms with Crippen molar-refractivity contribution in [2.45, 2.75) is 84.2 Å². The summed E-state index contributed by atoms with van der Waals surface area (Å²) in [5, 5.41) is 3.43. The van der Waals surface area contributed by atoms with Crippen LogP contribution in [0.25, 0.3) is 0 Å². The molecule has 0 radical (unpaired) electrons. The first kappa shape index (κ1) is 22.3. The number of hydrogen-bond acceptors (Lipinski definition) is 4. The van der Waals surface area contributed by atoms with Crippen molar-refractivity contribution in [3.8, 4) is 0 Å². The van der Waals surface area contributed by atoms with Crippen molar-refractivity contribution < 1.29 is 14.3 Å². The molecule has 1 fully saturated rings. The number of hydrogen-bond donors (Lipinski definition) is 1. The third kappa shape index (κ3) is 4.82. The summed E-state index contributed by atoms with van der Waals surface area (Å²) in [7, 11) is 0. The molecule has 1 aliphatic heterocycles. The van der Waals surface area contributed by atoms with Gasteiger partial charge < -0.3 is 10.1 Å². The van der Waals surface area contributed by atoms with Crippen molar-refractivity contribution in [1.29, 1.82) is 0 Å². The minimum absolute atomic E-state index is 0.0326. The highest BCUT2D eigenvalue weighted by molar-refractivity contribution is 9.10. The summed E-state index contributed by atoms with van der Waals surface area (Å²) in [6.45, 7) is 6.18. The van der Waals surface area contributed by atoms with Crippen molar-refractivity contribution in [3.63, 3.8) is 0 Å². The number of ketones is 1. The van der Waals surface area contributed by atoms with E-state index in [4.69, 9.17) is 4.74 Å². The van der Waals surface area contributed by atoms with E-state index in [1.54, 1.807) is 0 Å². The highest BCUT2D eigenvalue weighted by Crippen LogP contribution is 2.47. The van der Waals surface area contributed by atoms with Gasteiger partial charge in [-0.05, 0) is 62.1 Å². The van der Waals surface area contributed by atoms with Gasteiger partial charge in [0.25, 0.3) is 0 Å². The second kappa shape index (κ2) is 8.93. The van der Waals surface area contributed by atoms with E-state index < -0.39 is 5.92 Å². The average molecular weight is 486 g/mol. The SMILES string of the molecule is CC1=C(C(=O)OC2CCCCCC2)[C@H](c2cccc(Br)c2)C2=C(CC(C)(C)CC2=O)N1. The fourth-order valence-corrected chi connectivity index (χ4v) is 5.72. The number of esters is 1. The van der Waals surface area contributed by atoms with Crippen LogP contribution in [0.3, 0.4) is 0 Å². The maximum Gasteiger partial charge on any atom is 0.337 e. The molecule has 4 rings (SSSR count). The van der Waals surface area contributed by atoms with E-state index in [0.29, 0.717) is 12.0 Å². The number of allylic oxidation sites excluding steroid dienone is 3. The third-order valence-electron chi connectivity index (χ3n) is 6.72. The topological polar surface area (TPSA) is 55.4 Å². The minimum atomic E-state index is -0.393. The van der Waals surface area contributed by atoms with Crippen LogP contribution < -0.4 is 5.32 Å². The molecule has 0 bridgehead atoms. The van der Waals surface area contributed by atoms with Crippen LogP contribution in [-0.2, 0) is 14.3 Å². The molecule has 4 nitrogen and oxygen atoms in total. The van der Waals surface area contributed by atoms with Crippen molar-refractivity contribution in [2.75, 3.05) is 0 Å². The molecule has 1 aromatic carbocycles. The zero-order valence-electron chi connectivity index (χ0n) is 18.7. The van der Waals surface area contributed by atoms with Gasteiger partial charge in [-0.1, -0.05) is 54.8 Å². The Bertz CT molecular complexity index is 951. The molecule has 2 aliphatic carbocycles. The Balaban J connectivity index is 1.74. The predicted molar refractivity (Wildman–Crippen MR) is 125 cm³/mol.